The smallest absolute Gasteiger partial charge is 0.0702 e. The van der Waals surface area contributed by atoms with Crippen LogP contribution in [-0.2, 0) is 0 Å². The first-order chi connectivity index (χ1) is 27.7. The van der Waals surface area contributed by atoms with Crippen molar-refractivity contribution in [3.63, 3.8) is 0 Å². The SMILES string of the molecule is C(=C/c1cc(-c2ccccc2-c2ccc(-c3ccccc3)nc2)cc(-c2ccccc2-c2ccc(-c3ccccc3)nc2)c1)/c1ccc(-c2ccccc2)nc1. The van der Waals surface area contributed by atoms with Gasteiger partial charge in [-0.25, -0.2) is 0 Å². The highest BCUT2D eigenvalue weighted by atomic mass is 14.7. The Hall–Kier alpha value is -7.49. The van der Waals surface area contributed by atoms with Crippen molar-refractivity contribution < 1.29 is 0 Å². The maximum absolute atomic E-state index is 4.88. The molecule has 0 N–H and O–H groups in total. The van der Waals surface area contributed by atoms with Crippen LogP contribution in [-0.4, -0.2) is 15.0 Å². The van der Waals surface area contributed by atoms with Crippen molar-refractivity contribution in [1.82, 2.24) is 15.0 Å². The lowest BCUT2D eigenvalue weighted by Gasteiger charge is -2.15. The predicted molar refractivity (Wildman–Crippen MR) is 233 cm³/mol. The fourth-order valence-corrected chi connectivity index (χ4v) is 7.17. The van der Waals surface area contributed by atoms with E-state index in [0.29, 0.717) is 0 Å². The molecule has 3 aromatic heterocycles. The Labute approximate surface area is 328 Å². The summed E-state index contributed by atoms with van der Waals surface area (Å²) < 4.78 is 0. The third kappa shape index (κ3) is 7.48. The van der Waals surface area contributed by atoms with Crippen LogP contribution in [0.2, 0.25) is 0 Å². The van der Waals surface area contributed by atoms with Crippen LogP contribution in [0.25, 0.3) is 90.4 Å². The maximum Gasteiger partial charge on any atom is 0.0702 e. The molecule has 6 aromatic carbocycles. The van der Waals surface area contributed by atoms with Crippen molar-refractivity contribution in [2.75, 3.05) is 0 Å². The summed E-state index contributed by atoms with van der Waals surface area (Å²) in [4.78, 5) is 14.5. The third-order valence-electron chi connectivity index (χ3n) is 10.0. The van der Waals surface area contributed by atoms with Crippen molar-refractivity contribution in [3.8, 4) is 78.3 Å². The maximum atomic E-state index is 4.88. The summed E-state index contributed by atoms with van der Waals surface area (Å²) in [5.41, 5.74) is 17.2. The van der Waals surface area contributed by atoms with E-state index in [-0.39, 0.29) is 0 Å². The van der Waals surface area contributed by atoms with Gasteiger partial charge >= 0.3 is 0 Å². The van der Waals surface area contributed by atoms with Gasteiger partial charge in [0.25, 0.3) is 0 Å². The van der Waals surface area contributed by atoms with Crippen molar-refractivity contribution in [3.05, 3.63) is 224 Å². The van der Waals surface area contributed by atoms with Gasteiger partial charge in [0, 0.05) is 46.4 Å². The first-order valence-corrected chi connectivity index (χ1v) is 18.8. The normalized spacial score (nSPS) is 11.1. The van der Waals surface area contributed by atoms with Crippen molar-refractivity contribution in [2.24, 2.45) is 0 Å². The van der Waals surface area contributed by atoms with Crippen LogP contribution in [0.1, 0.15) is 11.1 Å². The van der Waals surface area contributed by atoms with E-state index in [1.165, 1.54) is 0 Å². The molecular formula is C53H37N3. The van der Waals surface area contributed by atoms with Gasteiger partial charge in [-0.3, -0.25) is 15.0 Å². The lowest BCUT2D eigenvalue weighted by Crippen LogP contribution is -1.92. The quantitative estimate of drug-likeness (QED) is 0.149. The van der Waals surface area contributed by atoms with Crippen LogP contribution in [0.3, 0.4) is 0 Å². The molecule has 0 atom stereocenters. The van der Waals surface area contributed by atoms with Crippen LogP contribution in [0, 0.1) is 0 Å². The minimum absolute atomic E-state index is 0.954. The molecule has 0 aliphatic carbocycles. The van der Waals surface area contributed by atoms with Gasteiger partial charge in [-0.15, -0.1) is 0 Å². The second kappa shape index (κ2) is 15.9. The van der Waals surface area contributed by atoms with Crippen LogP contribution in [0.4, 0.5) is 0 Å². The van der Waals surface area contributed by atoms with E-state index in [0.717, 1.165) is 89.4 Å². The standard InChI is InChI=1S/C53H37N3/c1-4-14-40(15-5-1)51-29-26-38(35-54-51)24-25-39-32-45(49-22-12-10-20-47(49)43-27-30-52(55-36-43)41-16-6-2-7-17-41)34-46(33-39)50-23-13-11-21-48(50)44-28-31-53(56-37-44)42-18-8-3-9-19-42/h1-37H/b25-24-. The highest BCUT2D eigenvalue weighted by Crippen LogP contribution is 2.39. The Balaban J connectivity index is 1.13. The molecule has 3 heteroatoms. The van der Waals surface area contributed by atoms with Gasteiger partial charge in [0.05, 0.1) is 17.1 Å². The molecule has 0 bridgehead atoms. The molecule has 0 aliphatic heterocycles. The van der Waals surface area contributed by atoms with Gasteiger partial charge in [-0.1, -0.05) is 170 Å². The Kier molecular flexibility index (Phi) is 9.71. The highest BCUT2D eigenvalue weighted by molar-refractivity contribution is 5.91. The van der Waals surface area contributed by atoms with Gasteiger partial charge in [0.15, 0.2) is 0 Å². The molecule has 0 saturated heterocycles. The largest absolute Gasteiger partial charge is 0.256 e. The molecule has 3 heterocycles. The van der Waals surface area contributed by atoms with Gasteiger partial charge in [0.1, 0.15) is 0 Å². The van der Waals surface area contributed by atoms with E-state index >= 15 is 0 Å². The average Bonchev–Trinajstić information content (AvgIpc) is 3.29. The summed E-state index contributed by atoms with van der Waals surface area (Å²) in [6.45, 7) is 0. The number of pyridine rings is 3. The van der Waals surface area contributed by atoms with Crippen molar-refractivity contribution in [1.29, 1.82) is 0 Å². The summed E-state index contributed by atoms with van der Waals surface area (Å²) in [7, 11) is 0. The fraction of sp³-hybridized carbons (Fsp3) is 0. The zero-order chi connectivity index (χ0) is 37.5. The summed E-state index contributed by atoms with van der Waals surface area (Å²) >= 11 is 0. The highest BCUT2D eigenvalue weighted by Gasteiger charge is 2.14. The lowest BCUT2D eigenvalue weighted by atomic mass is 9.89. The van der Waals surface area contributed by atoms with E-state index in [1.807, 2.05) is 73.2 Å². The Morgan fingerprint density at radius 3 is 0.982 bits per heavy atom. The first kappa shape index (κ1) is 34.3. The number of aromatic nitrogens is 3. The van der Waals surface area contributed by atoms with E-state index in [9.17, 15) is 0 Å². The molecule has 0 amide bonds. The molecule has 0 fully saturated rings. The zero-order valence-corrected chi connectivity index (χ0v) is 30.7. The number of rotatable bonds is 9. The molecule has 3 nitrogen and oxygen atoms in total. The first-order valence-electron chi connectivity index (χ1n) is 18.8. The molecule has 0 saturated carbocycles. The van der Waals surface area contributed by atoms with Crippen LogP contribution >= 0.6 is 0 Å². The zero-order valence-electron chi connectivity index (χ0n) is 30.7. The number of benzene rings is 6. The molecule has 0 spiro atoms. The molecule has 56 heavy (non-hydrogen) atoms. The second-order valence-electron chi connectivity index (χ2n) is 13.7. The number of nitrogens with zero attached hydrogens (tertiary/aromatic N) is 3. The summed E-state index contributed by atoms with van der Waals surface area (Å²) in [5.74, 6) is 0. The molecule has 0 radical (unpaired) electrons. The van der Waals surface area contributed by atoms with E-state index in [2.05, 4.69) is 152 Å². The van der Waals surface area contributed by atoms with Crippen LogP contribution < -0.4 is 0 Å². The van der Waals surface area contributed by atoms with Crippen molar-refractivity contribution >= 4 is 12.2 Å². The number of hydrogen-bond donors (Lipinski definition) is 0. The van der Waals surface area contributed by atoms with Crippen LogP contribution in [0.5, 0.6) is 0 Å². The van der Waals surface area contributed by atoms with E-state index in [1.54, 1.807) is 0 Å². The Morgan fingerprint density at radius 1 is 0.250 bits per heavy atom. The van der Waals surface area contributed by atoms with E-state index in [4.69, 9.17) is 15.0 Å². The summed E-state index contributed by atoms with van der Waals surface area (Å²) in [5, 5.41) is 0. The molecule has 0 aliphatic rings. The molecular weight excluding hydrogens is 679 g/mol. The minimum Gasteiger partial charge on any atom is -0.256 e. The Morgan fingerprint density at radius 2 is 0.607 bits per heavy atom. The summed E-state index contributed by atoms with van der Waals surface area (Å²) in [6.07, 6.45) is 10.2. The van der Waals surface area contributed by atoms with Gasteiger partial charge in [-0.05, 0) is 80.9 Å². The van der Waals surface area contributed by atoms with E-state index < -0.39 is 0 Å². The second-order valence-corrected chi connectivity index (χ2v) is 13.7. The molecule has 264 valence electrons. The summed E-state index contributed by atoms with van der Waals surface area (Å²) in [6, 6.07) is 67.7. The lowest BCUT2D eigenvalue weighted by molar-refractivity contribution is 1.31. The van der Waals surface area contributed by atoms with Crippen LogP contribution in [0.15, 0.2) is 213 Å². The fourth-order valence-electron chi connectivity index (χ4n) is 7.17. The van der Waals surface area contributed by atoms with Gasteiger partial charge in [-0.2, -0.15) is 0 Å². The Bertz CT molecular complexity index is 2590. The van der Waals surface area contributed by atoms with Crippen molar-refractivity contribution in [2.45, 2.75) is 0 Å². The molecule has 0 unspecified atom stereocenters. The minimum atomic E-state index is 0.954. The average molecular weight is 716 g/mol. The molecule has 9 aromatic rings. The topological polar surface area (TPSA) is 38.7 Å². The van der Waals surface area contributed by atoms with Gasteiger partial charge < -0.3 is 0 Å². The third-order valence-corrected chi connectivity index (χ3v) is 10.0. The monoisotopic (exact) mass is 715 g/mol. The molecule has 9 rings (SSSR count). The predicted octanol–water partition coefficient (Wildman–Crippen LogP) is 13.7. The number of hydrogen-bond acceptors (Lipinski definition) is 3. The van der Waals surface area contributed by atoms with Gasteiger partial charge in [0.2, 0.25) is 0 Å².